The summed E-state index contributed by atoms with van der Waals surface area (Å²) >= 11 is 0. The first-order valence-corrected chi connectivity index (χ1v) is 12.3. The zero-order valence-corrected chi connectivity index (χ0v) is 21.6. The molecule has 0 aliphatic carbocycles. The SMILES string of the molecule is CCc1ccc(Cc2c(OC3OC(COC(=O)OC)C(O)C(O)C3O)nn(C(CC)CF)c2C(F)(F)F)cc1. The Morgan fingerprint density at radius 1 is 1.10 bits per heavy atom. The average Bonchev–Trinajstić information content (AvgIpc) is 3.26. The van der Waals surface area contributed by atoms with Crippen LogP contribution in [0.15, 0.2) is 24.3 Å². The summed E-state index contributed by atoms with van der Waals surface area (Å²) in [5.41, 5.74) is -0.201. The molecule has 3 N–H and O–H groups in total. The first-order chi connectivity index (χ1) is 18.4. The van der Waals surface area contributed by atoms with Crippen LogP contribution in [0.4, 0.5) is 22.4 Å². The number of methoxy groups -OCH3 is 1. The lowest BCUT2D eigenvalue weighted by atomic mass is 9.99. The largest absolute Gasteiger partial charge is 0.508 e. The van der Waals surface area contributed by atoms with Gasteiger partial charge in [0.15, 0.2) is 0 Å². The molecule has 1 aliphatic rings. The first kappa shape index (κ1) is 30.6. The van der Waals surface area contributed by atoms with Gasteiger partial charge in [-0.2, -0.15) is 13.2 Å². The summed E-state index contributed by atoms with van der Waals surface area (Å²) in [7, 11) is 1.04. The molecule has 14 heteroatoms. The van der Waals surface area contributed by atoms with Crippen molar-refractivity contribution in [1.29, 1.82) is 0 Å². The van der Waals surface area contributed by atoms with Crippen LogP contribution in [0.2, 0.25) is 0 Å². The van der Waals surface area contributed by atoms with Crippen LogP contribution < -0.4 is 4.74 Å². The Hall–Kier alpha value is -2.94. The van der Waals surface area contributed by atoms with Crippen molar-refractivity contribution >= 4 is 6.16 Å². The highest BCUT2D eigenvalue weighted by atomic mass is 19.4. The predicted octanol–water partition coefficient (Wildman–Crippen LogP) is 2.95. The van der Waals surface area contributed by atoms with Gasteiger partial charge in [-0.3, -0.25) is 4.68 Å². The van der Waals surface area contributed by atoms with E-state index in [0.717, 1.165) is 19.1 Å². The Balaban J connectivity index is 2.03. The number of carbonyl (C=O) groups is 1. The van der Waals surface area contributed by atoms with Crippen LogP contribution in [0, 0.1) is 0 Å². The molecule has 3 rings (SSSR count). The summed E-state index contributed by atoms with van der Waals surface area (Å²) in [6, 6.07) is 5.58. The lowest BCUT2D eigenvalue weighted by Crippen LogP contribution is -2.60. The minimum Gasteiger partial charge on any atom is -0.443 e. The van der Waals surface area contributed by atoms with E-state index in [4.69, 9.17) is 14.2 Å². The summed E-state index contributed by atoms with van der Waals surface area (Å²) in [5.74, 6) is -0.603. The van der Waals surface area contributed by atoms with E-state index in [-0.39, 0.29) is 12.8 Å². The van der Waals surface area contributed by atoms with Crippen molar-refractivity contribution < 1.29 is 56.6 Å². The van der Waals surface area contributed by atoms with Crippen LogP contribution in [0.5, 0.6) is 5.88 Å². The quantitative estimate of drug-likeness (QED) is 0.294. The third kappa shape index (κ3) is 6.99. The minimum atomic E-state index is -4.95. The molecule has 0 radical (unpaired) electrons. The molecule has 0 saturated carbocycles. The van der Waals surface area contributed by atoms with Crippen molar-refractivity contribution in [3.05, 3.63) is 46.6 Å². The monoisotopic (exact) mass is 564 g/mol. The topological polar surface area (TPSA) is 133 Å². The Morgan fingerprint density at radius 2 is 1.74 bits per heavy atom. The Labute approximate surface area is 222 Å². The number of carbonyl (C=O) groups excluding carboxylic acids is 1. The number of hydrogen-bond donors (Lipinski definition) is 3. The number of aryl methyl sites for hydroxylation is 1. The van der Waals surface area contributed by atoms with Gasteiger partial charge in [0.05, 0.1) is 18.7 Å². The number of ether oxygens (including phenoxy) is 4. The van der Waals surface area contributed by atoms with Crippen molar-refractivity contribution in [2.24, 2.45) is 0 Å². The normalized spacial score (nSPS) is 24.3. The van der Waals surface area contributed by atoms with Crippen molar-refractivity contribution in [2.75, 3.05) is 20.4 Å². The van der Waals surface area contributed by atoms with Gasteiger partial charge in [0.25, 0.3) is 0 Å². The fraction of sp³-hybridized carbons (Fsp3) is 0.600. The van der Waals surface area contributed by atoms with Gasteiger partial charge in [0.1, 0.15) is 43.4 Å². The Kier molecular flexibility index (Phi) is 10.2. The highest BCUT2D eigenvalue weighted by molar-refractivity contribution is 5.59. The molecular formula is C25H32F4N2O8. The second-order valence-electron chi connectivity index (χ2n) is 9.04. The van der Waals surface area contributed by atoms with Crippen molar-refractivity contribution in [3.8, 4) is 5.88 Å². The van der Waals surface area contributed by atoms with Crippen LogP contribution in [0.3, 0.4) is 0 Å². The van der Waals surface area contributed by atoms with E-state index in [1.54, 1.807) is 24.3 Å². The highest BCUT2D eigenvalue weighted by Gasteiger charge is 2.47. The third-order valence-electron chi connectivity index (χ3n) is 6.48. The maximum atomic E-state index is 14.4. The number of alkyl halides is 4. The molecule has 218 valence electrons. The molecule has 1 aromatic heterocycles. The minimum absolute atomic E-state index is 0.00820. The van der Waals surface area contributed by atoms with Gasteiger partial charge >= 0.3 is 12.3 Å². The molecule has 6 unspecified atom stereocenters. The molecule has 0 amide bonds. The van der Waals surface area contributed by atoms with E-state index in [0.29, 0.717) is 10.2 Å². The molecule has 1 fully saturated rings. The van der Waals surface area contributed by atoms with Gasteiger partial charge in [0, 0.05) is 6.42 Å². The number of nitrogens with zero attached hydrogens (tertiary/aromatic N) is 2. The van der Waals surface area contributed by atoms with E-state index in [1.807, 2.05) is 6.92 Å². The number of aromatic nitrogens is 2. The third-order valence-corrected chi connectivity index (χ3v) is 6.48. The second-order valence-corrected chi connectivity index (χ2v) is 9.04. The van der Waals surface area contributed by atoms with Gasteiger partial charge < -0.3 is 34.3 Å². The van der Waals surface area contributed by atoms with Crippen LogP contribution in [0.25, 0.3) is 0 Å². The summed E-state index contributed by atoms with van der Waals surface area (Å²) < 4.78 is 77.5. The maximum Gasteiger partial charge on any atom is 0.508 e. The zero-order chi connectivity index (χ0) is 28.9. The summed E-state index contributed by atoms with van der Waals surface area (Å²) in [6.07, 6.45) is -14.5. The first-order valence-electron chi connectivity index (χ1n) is 12.3. The molecule has 0 bridgehead atoms. The van der Waals surface area contributed by atoms with Gasteiger partial charge in [-0.05, 0) is 24.0 Å². The van der Waals surface area contributed by atoms with Gasteiger partial charge in [0.2, 0.25) is 12.2 Å². The second kappa shape index (κ2) is 12.9. The molecule has 6 atom stereocenters. The zero-order valence-electron chi connectivity index (χ0n) is 21.6. The molecule has 1 aromatic carbocycles. The van der Waals surface area contributed by atoms with Crippen LogP contribution in [-0.2, 0) is 33.2 Å². The van der Waals surface area contributed by atoms with Crippen LogP contribution in [-0.4, -0.2) is 82.4 Å². The summed E-state index contributed by atoms with van der Waals surface area (Å²) in [4.78, 5) is 11.3. The summed E-state index contributed by atoms with van der Waals surface area (Å²) in [5, 5.41) is 34.9. The van der Waals surface area contributed by atoms with Crippen molar-refractivity contribution in [2.45, 2.75) is 76.0 Å². The fourth-order valence-corrected chi connectivity index (χ4v) is 4.18. The van der Waals surface area contributed by atoms with Gasteiger partial charge in [-0.25, -0.2) is 9.18 Å². The van der Waals surface area contributed by atoms with E-state index in [1.165, 1.54) is 6.92 Å². The fourth-order valence-electron chi connectivity index (χ4n) is 4.18. The molecule has 1 saturated heterocycles. The molecule has 39 heavy (non-hydrogen) atoms. The lowest BCUT2D eigenvalue weighted by Gasteiger charge is -2.39. The lowest BCUT2D eigenvalue weighted by molar-refractivity contribution is -0.278. The summed E-state index contributed by atoms with van der Waals surface area (Å²) in [6.45, 7) is 1.67. The smallest absolute Gasteiger partial charge is 0.443 e. The molecular weight excluding hydrogens is 532 g/mol. The number of hydrogen-bond acceptors (Lipinski definition) is 9. The number of benzene rings is 1. The number of aliphatic hydroxyl groups is 3. The standard InChI is InChI=1S/C25H32F4N2O8/c1-4-13-6-8-14(9-7-13)10-16-21(25(27,28)29)31(15(5-2)11-26)30-22(16)39-23-20(34)19(33)18(32)17(38-23)12-37-24(35)36-3/h6-9,15,17-20,23,32-34H,4-5,10-12H2,1-3H3. The van der Waals surface area contributed by atoms with Gasteiger partial charge in [-0.1, -0.05) is 38.1 Å². The molecule has 1 aliphatic heterocycles. The predicted molar refractivity (Wildman–Crippen MR) is 127 cm³/mol. The van der Waals surface area contributed by atoms with Crippen molar-refractivity contribution in [1.82, 2.24) is 9.78 Å². The van der Waals surface area contributed by atoms with Crippen LogP contribution >= 0.6 is 0 Å². The number of aliphatic hydroxyl groups excluding tert-OH is 3. The average molecular weight is 565 g/mol. The molecule has 10 nitrogen and oxygen atoms in total. The number of halogens is 4. The maximum absolute atomic E-state index is 14.4. The molecule has 2 heterocycles. The van der Waals surface area contributed by atoms with E-state index in [2.05, 4.69) is 9.84 Å². The van der Waals surface area contributed by atoms with E-state index in [9.17, 15) is 37.7 Å². The van der Waals surface area contributed by atoms with E-state index < -0.39 is 79.5 Å². The molecule has 0 spiro atoms. The van der Waals surface area contributed by atoms with Crippen LogP contribution in [0.1, 0.15) is 48.7 Å². The number of rotatable bonds is 10. The van der Waals surface area contributed by atoms with Gasteiger partial charge in [-0.15, -0.1) is 5.10 Å². The molecule has 2 aromatic rings. The van der Waals surface area contributed by atoms with E-state index >= 15 is 0 Å². The van der Waals surface area contributed by atoms with Crippen molar-refractivity contribution in [3.63, 3.8) is 0 Å². The Morgan fingerprint density at radius 3 is 2.28 bits per heavy atom. The Bertz CT molecular complexity index is 1090. The highest BCUT2D eigenvalue weighted by Crippen LogP contribution is 2.40.